The van der Waals surface area contributed by atoms with Gasteiger partial charge in [0.05, 0.1) is 0 Å². The molecule has 0 saturated heterocycles. The van der Waals surface area contributed by atoms with Crippen LogP contribution in [0.2, 0.25) is 0 Å². The summed E-state index contributed by atoms with van der Waals surface area (Å²) >= 11 is 0. The monoisotopic (exact) mass is 190 g/mol. The van der Waals surface area contributed by atoms with Crippen molar-refractivity contribution in [1.82, 2.24) is 4.98 Å². The molecule has 0 fully saturated rings. The summed E-state index contributed by atoms with van der Waals surface area (Å²) < 4.78 is 40.3. The molecular formula is C7H3F3NO2. The van der Waals surface area contributed by atoms with Gasteiger partial charge in [-0.2, -0.15) is 13.2 Å². The topological polar surface area (TPSA) is 39.2 Å². The van der Waals surface area contributed by atoms with Crippen molar-refractivity contribution in [3.05, 3.63) is 23.9 Å². The third-order valence-electron chi connectivity index (χ3n) is 1.21. The van der Waals surface area contributed by atoms with Gasteiger partial charge in [-0.1, -0.05) is 0 Å². The molecule has 1 aromatic rings. The van der Waals surface area contributed by atoms with Crippen LogP contribution in [0, 0.1) is 0 Å². The maximum absolute atomic E-state index is 12.1. The number of carbonyl (C=O) groups excluding carboxylic acids is 1. The largest absolute Gasteiger partial charge is 0.424 e. The van der Waals surface area contributed by atoms with Crippen molar-refractivity contribution in [3.63, 3.8) is 0 Å². The molecule has 0 aliphatic carbocycles. The summed E-state index contributed by atoms with van der Waals surface area (Å²) in [6.07, 6.45) is -3.50. The Morgan fingerprint density at radius 2 is 2.15 bits per heavy atom. The number of hydrogen-bond acceptors (Lipinski definition) is 3. The molecule has 0 atom stereocenters. The average molecular weight is 190 g/mol. The van der Waals surface area contributed by atoms with E-state index < -0.39 is 17.6 Å². The summed E-state index contributed by atoms with van der Waals surface area (Å²) in [7, 11) is 0. The van der Waals surface area contributed by atoms with Gasteiger partial charge in [0.25, 0.3) is 0 Å². The molecule has 1 heterocycles. The second kappa shape index (κ2) is 3.42. The van der Waals surface area contributed by atoms with Crippen molar-refractivity contribution in [3.8, 4) is 5.88 Å². The van der Waals surface area contributed by atoms with E-state index in [4.69, 9.17) is 0 Å². The highest BCUT2D eigenvalue weighted by molar-refractivity contribution is 5.46. The summed E-state index contributed by atoms with van der Waals surface area (Å²) in [5.41, 5.74) is -1.10. The number of pyridine rings is 1. The van der Waals surface area contributed by atoms with Crippen LogP contribution in [0.1, 0.15) is 5.56 Å². The van der Waals surface area contributed by atoms with Gasteiger partial charge in [-0.25, -0.2) is 9.78 Å². The first kappa shape index (κ1) is 9.50. The Kier molecular flexibility index (Phi) is 2.50. The fraction of sp³-hybridized carbons (Fsp3) is 0.143. The summed E-state index contributed by atoms with van der Waals surface area (Å²) in [5, 5.41) is 0. The molecule has 1 radical (unpaired) electrons. The van der Waals surface area contributed by atoms with E-state index in [1.54, 1.807) is 0 Å². The Morgan fingerprint density at radius 3 is 2.69 bits per heavy atom. The van der Waals surface area contributed by atoms with Crippen molar-refractivity contribution in [1.29, 1.82) is 0 Å². The smallest absolute Gasteiger partial charge is 0.398 e. The second-order valence-corrected chi connectivity index (χ2v) is 2.04. The van der Waals surface area contributed by atoms with Gasteiger partial charge in [0.1, 0.15) is 5.56 Å². The van der Waals surface area contributed by atoms with Crippen LogP contribution in [0.25, 0.3) is 0 Å². The summed E-state index contributed by atoms with van der Waals surface area (Å²) in [5.74, 6) is -0.787. The van der Waals surface area contributed by atoms with E-state index in [2.05, 4.69) is 9.72 Å². The van der Waals surface area contributed by atoms with Crippen molar-refractivity contribution >= 4 is 6.47 Å². The molecule has 13 heavy (non-hydrogen) atoms. The third kappa shape index (κ3) is 2.17. The number of ether oxygens (including phenoxy) is 1. The maximum Gasteiger partial charge on any atom is 0.424 e. The minimum absolute atomic E-state index is 0.764. The predicted molar refractivity (Wildman–Crippen MR) is 35.6 cm³/mol. The van der Waals surface area contributed by atoms with Crippen molar-refractivity contribution < 1.29 is 22.7 Å². The molecule has 1 rings (SSSR count). The molecule has 0 N–H and O–H groups in total. The average Bonchev–Trinajstić information content (AvgIpc) is 2.04. The standard InChI is InChI=1S/C7H3F3NO2/c8-7(9,10)5-2-1-3-11-6(5)13-4-12/h1-3H. The Hall–Kier alpha value is -1.59. The van der Waals surface area contributed by atoms with Crippen LogP contribution >= 0.6 is 0 Å². The molecule has 1 aromatic heterocycles. The summed E-state index contributed by atoms with van der Waals surface area (Å²) in [4.78, 5) is 12.9. The Labute approximate surface area is 71.2 Å². The zero-order valence-corrected chi connectivity index (χ0v) is 6.13. The van der Waals surface area contributed by atoms with Gasteiger partial charge in [0, 0.05) is 6.20 Å². The van der Waals surface area contributed by atoms with Crippen LogP contribution in [0.4, 0.5) is 13.2 Å². The van der Waals surface area contributed by atoms with E-state index >= 15 is 0 Å². The fourth-order valence-corrected chi connectivity index (χ4v) is 0.727. The maximum atomic E-state index is 12.1. The number of alkyl halides is 3. The van der Waals surface area contributed by atoms with Gasteiger partial charge in [0.2, 0.25) is 5.88 Å². The van der Waals surface area contributed by atoms with Crippen LogP contribution in [-0.4, -0.2) is 11.5 Å². The molecule has 0 saturated carbocycles. The van der Waals surface area contributed by atoms with E-state index in [1.807, 2.05) is 0 Å². The Bertz CT molecular complexity index is 311. The van der Waals surface area contributed by atoms with Crippen molar-refractivity contribution in [2.75, 3.05) is 0 Å². The number of rotatable bonds is 2. The molecule has 0 aromatic carbocycles. The lowest BCUT2D eigenvalue weighted by molar-refractivity contribution is -0.138. The van der Waals surface area contributed by atoms with E-state index in [9.17, 15) is 18.0 Å². The fourth-order valence-electron chi connectivity index (χ4n) is 0.727. The SMILES string of the molecule is O=[C]Oc1ncccc1C(F)(F)F. The zero-order chi connectivity index (χ0) is 9.90. The first-order valence-electron chi connectivity index (χ1n) is 3.12. The number of halogens is 3. The van der Waals surface area contributed by atoms with E-state index in [0.717, 1.165) is 24.8 Å². The molecule has 0 unspecified atom stereocenters. The first-order chi connectivity index (χ1) is 6.05. The summed E-state index contributed by atoms with van der Waals surface area (Å²) in [6, 6.07) is 1.86. The van der Waals surface area contributed by atoms with E-state index in [1.165, 1.54) is 0 Å². The molecule has 0 aliphatic heterocycles. The molecule has 0 aliphatic rings. The molecule has 3 nitrogen and oxygen atoms in total. The highest BCUT2D eigenvalue weighted by Gasteiger charge is 2.35. The van der Waals surface area contributed by atoms with Crippen molar-refractivity contribution in [2.45, 2.75) is 6.18 Å². The quantitative estimate of drug-likeness (QED) is 0.710. The third-order valence-corrected chi connectivity index (χ3v) is 1.21. The zero-order valence-electron chi connectivity index (χ0n) is 6.13. The number of nitrogens with zero attached hydrogens (tertiary/aromatic N) is 1. The molecule has 6 heteroatoms. The lowest BCUT2D eigenvalue weighted by Gasteiger charge is -2.07. The van der Waals surface area contributed by atoms with E-state index in [-0.39, 0.29) is 0 Å². The van der Waals surface area contributed by atoms with Gasteiger partial charge in [0.15, 0.2) is 0 Å². The van der Waals surface area contributed by atoms with Crippen LogP contribution in [-0.2, 0) is 11.0 Å². The molecule has 0 bridgehead atoms. The minimum Gasteiger partial charge on any atom is -0.398 e. The Morgan fingerprint density at radius 1 is 1.46 bits per heavy atom. The molecular weight excluding hydrogens is 187 g/mol. The minimum atomic E-state index is -4.58. The first-order valence-corrected chi connectivity index (χ1v) is 3.12. The lowest BCUT2D eigenvalue weighted by atomic mass is 10.2. The van der Waals surface area contributed by atoms with E-state index in [0.29, 0.717) is 0 Å². The molecule has 0 amide bonds. The molecule has 69 valence electrons. The molecule has 0 spiro atoms. The van der Waals surface area contributed by atoms with Crippen LogP contribution in [0.3, 0.4) is 0 Å². The van der Waals surface area contributed by atoms with Gasteiger partial charge < -0.3 is 4.74 Å². The van der Waals surface area contributed by atoms with Gasteiger partial charge in [-0.15, -0.1) is 0 Å². The summed E-state index contributed by atoms with van der Waals surface area (Å²) in [6.45, 7) is 0.884. The normalized spacial score (nSPS) is 11.0. The number of aromatic nitrogens is 1. The highest BCUT2D eigenvalue weighted by atomic mass is 19.4. The lowest BCUT2D eigenvalue weighted by Crippen LogP contribution is -2.08. The van der Waals surface area contributed by atoms with Crippen molar-refractivity contribution in [2.24, 2.45) is 0 Å². The van der Waals surface area contributed by atoms with Crippen LogP contribution in [0.15, 0.2) is 18.3 Å². The second-order valence-electron chi connectivity index (χ2n) is 2.04. The van der Waals surface area contributed by atoms with Gasteiger partial charge in [-0.3, -0.25) is 0 Å². The Balaban J connectivity index is 3.11. The highest BCUT2D eigenvalue weighted by Crippen LogP contribution is 2.34. The number of hydrogen-bond donors (Lipinski definition) is 0. The van der Waals surface area contributed by atoms with Crippen LogP contribution in [0.5, 0.6) is 5.88 Å². The van der Waals surface area contributed by atoms with Gasteiger partial charge >= 0.3 is 12.6 Å². The van der Waals surface area contributed by atoms with Gasteiger partial charge in [-0.05, 0) is 12.1 Å². The van der Waals surface area contributed by atoms with Crippen LogP contribution < -0.4 is 4.74 Å². The predicted octanol–water partition coefficient (Wildman–Crippen LogP) is 1.55.